The molecule has 0 saturated carbocycles. The topological polar surface area (TPSA) is 78.9 Å². The molecule has 1 unspecified atom stereocenters. The molecule has 1 atom stereocenters. The van der Waals surface area contributed by atoms with Gasteiger partial charge in [-0.2, -0.15) is 0 Å². The molecule has 456 valence electrons. The summed E-state index contributed by atoms with van der Waals surface area (Å²) in [5.74, 6) is -0.877. The first-order valence-corrected chi connectivity index (χ1v) is 34.1. The maximum absolute atomic E-state index is 12.9. The summed E-state index contributed by atoms with van der Waals surface area (Å²) in [5.41, 5.74) is 0. The van der Waals surface area contributed by atoms with Crippen LogP contribution in [0.15, 0.2) is 85.1 Å². The van der Waals surface area contributed by atoms with Gasteiger partial charge in [0.25, 0.3) is 0 Å². The van der Waals surface area contributed by atoms with Gasteiger partial charge in [-0.25, -0.2) is 0 Å². The maximum Gasteiger partial charge on any atom is 0.306 e. The van der Waals surface area contributed by atoms with E-state index in [4.69, 9.17) is 14.2 Å². The number of rotatable bonds is 62. The van der Waals surface area contributed by atoms with E-state index in [2.05, 4.69) is 106 Å². The van der Waals surface area contributed by atoms with Gasteiger partial charge >= 0.3 is 17.9 Å². The molecule has 0 heterocycles. The molecule has 0 N–H and O–H groups in total. The minimum Gasteiger partial charge on any atom is -0.462 e. The molecule has 0 radical (unpaired) electrons. The highest BCUT2D eigenvalue weighted by Crippen LogP contribution is 2.17. The number of allylic oxidation sites excluding steroid dienone is 14. The molecule has 0 aliphatic carbocycles. The van der Waals surface area contributed by atoms with Gasteiger partial charge in [-0.05, 0) is 109 Å². The number of carbonyl (C=O) groups excluding carboxylic acids is 3. The molecule has 6 heteroatoms. The number of ether oxygens (including phenoxy) is 3. The molecule has 0 aromatic heterocycles. The molecule has 0 aromatic carbocycles. The Balaban J connectivity index is 4.24. The fraction of sp³-hybridized carbons (Fsp3) is 0.767. The normalized spacial score (nSPS) is 12.6. The second-order valence-corrected chi connectivity index (χ2v) is 22.7. The Bertz CT molecular complexity index is 1500. The van der Waals surface area contributed by atoms with E-state index in [1.165, 1.54) is 205 Å². The van der Waals surface area contributed by atoms with Crippen LogP contribution in [0.4, 0.5) is 0 Å². The highest BCUT2D eigenvalue weighted by Gasteiger charge is 2.19. The molecule has 0 bridgehead atoms. The van der Waals surface area contributed by atoms with Gasteiger partial charge in [0.15, 0.2) is 6.10 Å². The molecule has 0 aliphatic rings. The highest BCUT2D eigenvalue weighted by molar-refractivity contribution is 5.71. The van der Waals surface area contributed by atoms with Crippen LogP contribution >= 0.6 is 0 Å². The average Bonchev–Trinajstić information content (AvgIpc) is 3.45. The molecule has 0 amide bonds. The molecule has 0 aromatic rings. The summed E-state index contributed by atoms with van der Waals surface area (Å²) in [6.45, 7) is 6.52. The zero-order valence-electron chi connectivity index (χ0n) is 52.4. The van der Waals surface area contributed by atoms with Crippen molar-refractivity contribution >= 4 is 17.9 Å². The van der Waals surface area contributed by atoms with Crippen LogP contribution < -0.4 is 0 Å². The van der Waals surface area contributed by atoms with Crippen molar-refractivity contribution < 1.29 is 28.6 Å². The maximum atomic E-state index is 12.9. The molecular formula is C73H128O6. The van der Waals surface area contributed by atoms with Crippen LogP contribution in [0.1, 0.15) is 342 Å². The zero-order chi connectivity index (χ0) is 57.1. The lowest BCUT2D eigenvalue weighted by Crippen LogP contribution is -2.30. The van der Waals surface area contributed by atoms with Crippen molar-refractivity contribution in [1.29, 1.82) is 0 Å². The van der Waals surface area contributed by atoms with Crippen LogP contribution in [-0.2, 0) is 28.6 Å². The van der Waals surface area contributed by atoms with Gasteiger partial charge in [-0.3, -0.25) is 14.4 Å². The first-order valence-electron chi connectivity index (χ1n) is 34.1. The van der Waals surface area contributed by atoms with E-state index in [-0.39, 0.29) is 31.1 Å². The second kappa shape index (κ2) is 67.1. The third-order valence-corrected chi connectivity index (χ3v) is 14.9. The number of hydrogen-bond acceptors (Lipinski definition) is 6. The van der Waals surface area contributed by atoms with Crippen LogP contribution in [-0.4, -0.2) is 37.2 Å². The van der Waals surface area contributed by atoms with Crippen LogP contribution in [0.2, 0.25) is 0 Å². The lowest BCUT2D eigenvalue weighted by atomic mass is 10.0. The summed E-state index contributed by atoms with van der Waals surface area (Å²) in [6.07, 6.45) is 88.9. The van der Waals surface area contributed by atoms with E-state index in [0.717, 1.165) is 96.3 Å². The van der Waals surface area contributed by atoms with Gasteiger partial charge in [0.1, 0.15) is 13.2 Å². The van der Waals surface area contributed by atoms with Crippen LogP contribution in [0.3, 0.4) is 0 Å². The van der Waals surface area contributed by atoms with Crippen molar-refractivity contribution in [2.75, 3.05) is 13.2 Å². The van der Waals surface area contributed by atoms with Crippen molar-refractivity contribution in [1.82, 2.24) is 0 Å². The van der Waals surface area contributed by atoms with Gasteiger partial charge in [0.05, 0.1) is 0 Å². The highest BCUT2D eigenvalue weighted by atomic mass is 16.6. The molecule has 0 saturated heterocycles. The number of unbranched alkanes of at least 4 members (excludes halogenated alkanes) is 37. The lowest BCUT2D eigenvalue weighted by Gasteiger charge is -2.18. The summed E-state index contributed by atoms with van der Waals surface area (Å²) in [6, 6.07) is 0. The predicted molar refractivity (Wildman–Crippen MR) is 344 cm³/mol. The summed E-state index contributed by atoms with van der Waals surface area (Å²) < 4.78 is 16.9. The van der Waals surface area contributed by atoms with Crippen molar-refractivity contribution in [3.8, 4) is 0 Å². The first kappa shape index (κ1) is 75.6. The number of carbonyl (C=O) groups is 3. The predicted octanol–water partition coefficient (Wildman–Crippen LogP) is 23.4. The molecule has 0 fully saturated rings. The lowest BCUT2D eigenvalue weighted by molar-refractivity contribution is -0.167. The minimum atomic E-state index is -0.782. The van der Waals surface area contributed by atoms with E-state index < -0.39 is 6.10 Å². The van der Waals surface area contributed by atoms with Gasteiger partial charge in [-0.1, -0.05) is 298 Å². The van der Waals surface area contributed by atoms with Crippen LogP contribution in [0.25, 0.3) is 0 Å². The van der Waals surface area contributed by atoms with E-state index in [0.29, 0.717) is 19.3 Å². The smallest absolute Gasteiger partial charge is 0.306 e. The quantitative estimate of drug-likeness (QED) is 0.0261. The Morgan fingerprint density at radius 3 is 0.823 bits per heavy atom. The van der Waals surface area contributed by atoms with E-state index in [1.54, 1.807) is 0 Å². The standard InChI is InChI=1S/C73H128O6/c1-4-7-10-13-16-19-22-24-26-28-30-32-34-35-36-37-39-40-42-44-46-48-51-54-57-60-63-66-72(75)78-69-70(68-77-71(74)65-62-59-56-53-50-21-18-15-12-9-6-3)79-73(76)67-64-61-58-55-52-49-47-45-43-41-38-33-31-29-27-25-23-20-17-14-11-8-5-2/h7,10,15-16,18-19,24,26,29-32,35-36,70H,4-6,8-9,11-14,17,20-23,25,27-28,33-34,37-69H2,1-3H3/b10-7-,18-15-,19-16-,26-24-,31-29-,32-30-,36-35-. The van der Waals surface area contributed by atoms with Gasteiger partial charge in [0.2, 0.25) is 0 Å². The van der Waals surface area contributed by atoms with E-state index in [9.17, 15) is 14.4 Å². The second-order valence-electron chi connectivity index (χ2n) is 22.7. The molecule has 79 heavy (non-hydrogen) atoms. The van der Waals surface area contributed by atoms with Gasteiger partial charge in [0, 0.05) is 19.3 Å². The summed E-state index contributed by atoms with van der Waals surface area (Å²) in [5, 5.41) is 0. The Morgan fingerprint density at radius 2 is 0.506 bits per heavy atom. The Morgan fingerprint density at radius 1 is 0.266 bits per heavy atom. The SMILES string of the molecule is CC/C=C\C/C=C\C/C=C\C/C=C\C/C=C\CCCCCCCCCCCCCC(=O)OCC(COC(=O)CCCCCCC/C=C\CCCC)OC(=O)CCCCCCCCCCCCC/C=C\CCCCCCCCCC. The van der Waals surface area contributed by atoms with Crippen molar-refractivity contribution in [3.05, 3.63) is 85.1 Å². The Kier molecular flexibility index (Phi) is 64.2. The molecule has 0 aliphatic heterocycles. The summed E-state index contributed by atoms with van der Waals surface area (Å²) >= 11 is 0. The monoisotopic (exact) mass is 1100 g/mol. The van der Waals surface area contributed by atoms with Crippen molar-refractivity contribution in [2.24, 2.45) is 0 Å². The van der Waals surface area contributed by atoms with Crippen molar-refractivity contribution in [2.45, 2.75) is 348 Å². The fourth-order valence-corrected chi connectivity index (χ4v) is 9.74. The molecule has 6 nitrogen and oxygen atoms in total. The van der Waals surface area contributed by atoms with E-state index >= 15 is 0 Å². The summed E-state index contributed by atoms with van der Waals surface area (Å²) in [4.78, 5) is 38.3. The van der Waals surface area contributed by atoms with Crippen LogP contribution in [0.5, 0.6) is 0 Å². The fourth-order valence-electron chi connectivity index (χ4n) is 9.74. The van der Waals surface area contributed by atoms with E-state index in [1.807, 2.05) is 0 Å². The Labute approximate surface area is 490 Å². The van der Waals surface area contributed by atoms with Gasteiger partial charge < -0.3 is 14.2 Å². The largest absolute Gasteiger partial charge is 0.462 e. The molecule has 0 spiro atoms. The van der Waals surface area contributed by atoms with Gasteiger partial charge in [-0.15, -0.1) is 0 Å². The Hall–Kier alpha value is -3.41. The zero-order valence-corrected chi connectivity index (χ0v) is 52.4. The number of esters is 3. The van der Waals surface area contributed by atoms with Crippen molar-refractivity contribution in [3.63, 3.8) is 0 Å². The first-order chi connectivity index (χ1) is 39.0. The minimum absolute atomic E-state index is 0.0788. The molecule has 0 rings (SSSR count). The summed E-state index contributed by atoms with van der Waals surface area (Å²) in [7, 11) is 0. The third-order valence-electron chi connectivity index (χ3n) is 14.9. The number of hydrogen-bond donors (Lipinski definition) is 0. The van der Waals surface area contributed by atoms with Crippen LogP contribution in [0, 0.1) is 0 Å². The molecular weight excluding hydrogens is 973 g/mol. The average molecular weight is 1100 g/mol. The third kappa shape index (κ3) is 65.3.